The summed E-state index contributed by atoms with van der Waals surface area (Å²) < 4.78 is 0. The number of hydrogen-bond donors (Lipinski definition) is 1. The number of nitrogens with one attached hydrogen (secondary N) is 1. The molecule has 2 amide bonds. The van der Waals surface area contributed by atoms with Gasteiger partial charge in [0.15, 0.2) is 0 Å². The molecule has 150 valence electrons. The molecule has 1 saturated heterocycles. The SMILES string of the molecule is CN1CCN(c2ccc(NC(=O)C3=NN(c4ccccc4)C(=O)CC3)cn2)CC1. The first kappa shape index (κ1) is 19.1. The molecule has 1 N–H and O–H groups in total. The number of benzene rings is 1. The van der Waals surface area contributed by atoms with E-state index in [-0.39, 0.29) is 18.2 Å². The maximum atomic E-state index is 12.7. The van der Waals surface area contributed by atoms with Crippen molar-refractivity contribution in [1.29, 1.82) is 0 Å². The highest BCUT2D eigenvalue weighted by Crippen LogP contribution is 2.21. The number of nitrogens with zero attached hydrogens (tertiary/aromatic N) is 5. The van der Waals surface area contributed by atoms with Gasteiger partial charge in [0.1, 0.15) is 11.5 Å². The van der Waals surface area contributed by atoms with E-state index in [2.05, 4.69) is 32.2 Å². The van der Waals surface area contributed by atoms with Crippen LogP contribution in [0, 0.1) is 0 Å². The van der Waals surface area contributed by atoms with Gasteiger partial charge in [-0.2, -0.15) is 5.10 Å². The average molecular weight is 392 g/mol. The Balaban J connectivity index is 1.43. The monoisotopic (exact) mass is 392 g/mol. The van der Waals surface area contributed by atoms with E-state index in [1.807, 2.05) is 30.3 Å². The largest absolute Gasteiger partial charge is 0.354 e. The van der Waals surface area contributed by atoms with Crippen molar-refractivity contribution in [2.24, 2.45) is 5.10 Å². The van der Waals surface area contributed by atoms with Gasteiger partial charge in [-0.05, 0) is 31.3 Å². The maximum Gasteiger partial charge on any atom is 0.271 e. The lowest BCUT2D eigenvalue weighted by Crippen LogP contribution is -2.44. The molecule has 4 rings (SSSR count). The van der Waals surface area contributed by atoms with Gasteiger partial charge in [0.05, 0.1) is 17.6 Å². The number of hydrazone groups is 1. The Morgan fingerprint density at radius 3 is 2.45 bits per heavy atom. The zero-order valence-corrected chi connectivity index (χ0v) is 16.4. The number of carbonyl (C=O) groups is 2. The van der Waals surface area contributed by atoms with E-state index in [0.717, 1.165) is 32.0 Å². The molecule has 2 aromatic rings. The number of amides is 2. The summed E-state index contributed by atoms with van der Waals surface area (Å²) in [5.41, 5.74) is 1.59. The van der Waals surface area contributed by atoms with E-state index >= 15 is 0 Å². The highest BCUT2D eigenvalue weighted by atomic mass is 16.2. The molecule has 0 bridgehead atoms. The Kier molecular flexibility index (Phi) is 5.53. The number of pyridine rings is 1. The maximum absolute atomic E-state index is 12.7. The highest BCUT2D eigenvalue weighted by Gasteiger charge is 2.25. The molecule has 0 atom stereocenters. The molecule has 1 aromatic carbocycles. The Labute approximate surface area is 169 Å². The molecule has 0 saturated carbocycles. The van der Waals surface area contributed by atoms with Crippen molar-refractivity contribution in [3.8, 4) is 0 Å². The molecule has 3 heterocycles. The van der Waals surface area contributed by atoms with Gasteiger partial charge in [-0.15, -0.1) is 0 Å². The number of aromatic nitrogens is 1. The molecule has 1 aromatic heterocycles. The third-order valence-electron chi connectivity index (χ3n) is 5.13. The van der Waals surface area contributed by atoms with Gasteiger partial charge >= 0.3 is 0 Å². The van der Waals surface area contributed by atoms with Crippen LogP contribution >= 0.6 is 0 Å². The van der Waals surface area contributed by atoms with Crippen LogP contribution in [-0.2, 0) is 9.59 Å². The van der Waals surface area contributed by atoms with E-state index in [4.69, 9.17) is 0 Å². The van der Waals surface area contributed by atoms with E-state index in [0.29, 0.717) is 23.5 Å². The molecule has 2 aliphatic heterocycles. The number of para-hydroxylation sites is 1. The van der Waals surface area contributed by atoms with Crippen LogP contribution in [0.5, 0.6) is 0 Å². The van der Waals surface area contributed by atoms with Gasteiger partial charge in [0, 0.05) is 39.0 Å². The molecule has 2 aliphatic rings. The lowest BCUT2D eigenvalue weighted by Gasteiger charge is -2.33. The molecule has 29 heavy (non-hydrogen) atoms. The molecule has 0 unspecified atom stereocenters. The third kappa shape index (κ3) is 4.43. The number of likely N-dealkylation sites (N-methyl/N-ethyl adjacent to an activating group) is 1. The Morgan fingerprint density at radius 2 is 1.76 bits per heavy atom. The molecular formula is C21H24N6O2. The first-order valence-electron chi connectivity index (χ1n) is 9.76. The molecule has 1 fully saturated rings. The fourth-order valence-electron chi connectivity index (χ4n) is 3.37. The number of piperazine rings is 1. The highest BCUT2D eigenvalue weighted by molar-refractivity contribution is 6.44. The van der Waals surface area contributed by atoms with Crippen LogP contribution in [0.4, 0.5) is 17.2 Å². The van der Waals surface area contributed by atoms with Crippen molar-refractivity contribution >= 4 is 34.7 Å². The zero-order valence-electron chi connectivity index (χ0n) is 16.4. The Bertz CT molecular complexity index is 905. The van der Waals surface area contributed by atoms with Gasteiger partial charge in [0.2, 0.25) is 5.91 Å². The van der Waals surface area contributed by atoms with E-state index in [1.165, 1.54) is 5.01 Å². The summed E-state index contributed by atoms with van der Waals surface area (Å²) in [5.74, 6) is 0.477. The van der Waals surface area contributed by atoms with Gasteiger partial charge in [0.25, 0.3) is 5.91 Å². The van der Waals surface area contributed by atoms with E-state index in [9.17, 15) is 9.59 Å². The molecular weight excluding hydrogens is 368 g/mol. The molecule has 8 nitrogen and oxygen atoms in total. The van der Waals surface area contributed by atoms with Crippen molar-refractivity contribution in [2.45, 2.75) is 12.8 Å². The summed E-state index contributed by atoms with van der Waals surface area (Å²) in [6.07, 6.45) is 2.23. The minimum atomic E-state index is -0.312. The van der Waals surface area contributed by atoms with Crippen LogP contribution in [0.25, 0.3) is 0 Å². The Hall–Kier alpha value is -3.26. The van der Waals surface area contributed by atoms with Crippen LogP contribution in [0.15, 0.2) is 53.8 Å². The summed E-state index contributed by atoms with van der Waals surface area (Å²) >= 11 is 0. The third-order valence-corrected chi connectivity index (χ3v) is 5.13. The molecule has 8 heteroatoms. The van der Waals surface area contributed by atoms with Gasteiger partial charge in [-0.3, -0.25) is 9.59 Å². The van der Waals surface area contributed by atoms with Gasteiger partial charge in [-0.1, -0.05) is 18.2 Å². The second kappa shape index (κ2) is 8.40. The van der Waals surface area contributed by atoms with Crippen molar-refractivity contribution in [3.63, 3.8) is 0 Å². The molecule has 0 spiro atoms. The van der Waals surface area contributed by atoms with Crippen LogP contribution in [-0.4, -0.2) is 60.6 Å². The minimum Gasteiger partial charge on any atom is -0.354 e. The summed E-state index contributed by atoms with van der Waals surface area (Å²) in [5, 5.41) is 8.42. The predicted octanol–water partition coefficient (Wildman–Crippen LogP) is 1.95. The average Bonchev–Trinajstić information content (AvgIpc) is 2.76. The number of hydrogen-bond acceptors (Lipinski definition) is 6. The van der Waals surface area contributed by atoms with Crippen LogP contribution < -0.4 is 15.2 Å². The van der Waals surface area contributed by atoms with E-state index in [1.54, 1.807) is 18.3 Å². The minimum absolute atomic E-state index is 0.119. The summed E-state index contributed by atoms with van der Waals surface area (Å²) in [6, 6.07) is 12.9. The molecule has 0 radical (unpaired) electrons. The zero-order chi connectivity index (χ0) is 20.2. The lowest BCUT2D eigenvalue weighted by atomic mass is 10.1. The van der Waals surface area contributed by atoms with Crippen molar-refractivity contribution in [3.05, 3.63) is 48.7 Å². The fourth-order valence-corrected chi connectivity index (χ4v) is 3.37. The van der Waals surface area contributed by atoms with E-state index < -0.39 is 0 Å². The predicted molar refractivity (Wildman–Crippen MR) is 113 cm³/mol. The van der Waals surface area contributed by atoms with Crippen LogP contribution in [0.3, 0.4) is 0 Å². The van der Waals surface area contributed by atoms with Gasteiger partial charge < -0.3 is 15.1 Å². The van der Waals surface area contributed by atoms with Crippen molar-refractivity contribution < 1.29 is 9.59 Å². The normalized spacial score (nSPS) is 17.8. The quantitative estimate of drug-likeness (QED) is 0.860. The molecule has 0 aliphatic carbocycles. The van der Waals surface area contributed by atoms with Crippen molar-refractivity contribution in [2.75, 3.05) is 48.5 Å². The lowest BCUT2D eigenvalue weighted by molar-refractivity contribution is -0.118. The number of rotatable bonds is 4. The number of carbonyl (C=O) groups excluding carboxylic acids is 2. The second-order valence-corrected chi connectivity index (χ2v) is 7.24. The first-order chi connectivity index (χ1) is 14.1. The summed E-state index contributed by atoms with van der Waals surface area (Å²) in [6.45, 7) is 3.90. The first-order valence-corrected chi connectivity index (χ1v) is 9.76. The second-order valence-electron chi connectivity index (χ2n) is 7.24. The van der Waals surface area contributed by atoms with Gasteiger partial charge in [-0.25, -0.2) is 9.99 Å². The fraction of sp³-hybridized carbons (Fsp3) is 0.333. The van der Waals surface area contributed by atoms with Crippen molar-refractivity contribution in [1.82, 2.24) is 9.88 Å². The van der Waals surface area contributed by atoms with Crippen LogP contribution in [0.1, 0.15) is 12.8 Å². The standard InChI is InChI=1S/C21H24N6O2/c1-25-11-13-26(14-12-25)19-9-7-16(15-22-19)23-21(29)18-8-10-20(28)27(24-18)17-5-3-2-4-6-17/h2-7,9,15H,8,10-14H2,1H3,(H,23,29). The Morgan fingerprint density at radius 1 is 1.00 bits per heavy atom. The number of anilines is 3. The topological polar surface area (TPSA) is 81.1 Å². The summed E-state index contributed by atoms with van der Waals surface area (Å²) in [4.78, 5) is 33.9. The smallest absolute Gasteiger partial charge is 0.271 e. The van der Waals surface area contributed by atoms with Crippen LogP contribution in [0.2, 0.25) is 0 Å². The summed E-state index contributed by atoms with van der Waals surface area (Å²) in [7, 11) is 2.11.